The van der Waals surface area contributed by atoms with Crippen LogP contribution < -0.4 is 4.74 Å². The molecule has 1 aromatic rings. The van der Waals surface area contributed by atoms with Crippen molar-refractivity contribution in [1.82, 2.24) is 4.90 Å². The second kappa shape index (κ2) is 5.49. The van der Waals surface area contributed by atoms with E-state index < -0.39 is 6.36 Å². The van der Waals surface area contributed by atoms with Gasteiger partial charge in [-0.1, -0.05) is 12.1 Å². The Labute approximate surface area is 109 Å². The smallest absolute Gasteiger partial charge is 0.406 e. The van der Waals surface area contributed by atoms with Gasteiger partial charge in [0, 0.05) is 6.54 Å². The zero-order chi connectivity index (χ0) is 13.9. The molecule has 6 heteroatoms. The van der Waals surface area contributed by atoms with Crippen LogP contribution in [-0.4, -0.2) is 23.8 Å². The van der Waals surface area contributed by atoms with Crippen molar-refractivity contribution in [2.45, 2.75) is 31.8 Å². The summed E-state index contributed by atoms with van der Waals surface area (Å²) in [5.41, 5.74) is 0.872. The number of nitriles is 1. The molecule has 1 aromatic carbocycles. The van der Waals surface area contributed by atoms with Crippen molar-refractivity contribution in [2.24, 2.45) is 0 Å². The van der Waals surface area contributed by atoms with E-state index in [1.54, 1.807) is 12.1 Å². The Morgan fingerprint density at radius 1 is 1.32 bits per heavy atom. The standard InChI is InChI=1S/C13H13F3N2O/c14-13(15,16)19-12-5-3-10(4-6-12)9-18-7-1-2-11(18)8-17/h3-6,11H,1-2,7,9H2. The molecule has 0 N–H and O–H groups in total. The van der Waals surface area contributed by atoms with Crippen LogP contribution in [0.4, 0.5) is 13.2 Å². The molecular weight excluding hydrogens is 257 g/mol. The average Bonchev–Trinajstić information content (AvgIpc) is 2.77. The summed E-state index contributed by atoms with van der Waals surface area (Å²) in [6.07, 6.45) is -2.83. The highest BCUT2D eigenvalue weighted by molar-refractivity contribution is 5.27. The van der Waals surface area contributed by atoms with E-state index in [-0.39, 0.29) is 11.8 Å². The first-order valence-corrected chi connectivity index (χ1v) is 5.96. The number of nitrogens with zero attached hydrogens (tertiary/aromatic N) is 2. The van der Waals surface area contributed by atoms with Gasteiger partial charge in [0.1, 0.15) is 5.75 Å². The van der Waals surface area contributed by atoms with Gasteiger partial charge in [0.05, 0.1) is 12.1 Å². The third-order valence-corrected chi connectivity index (χ3v) is 3.06. The van der Waals surface area contributed by atoms with Gasteiger partial charge in [-0.2, -0.15) is 5.26 Å². The SMILES string of the molecule is N#CC1CCCN1Cc1ccc(OC(F)(F)F)cc1. The summed E-state index contributed by atoms with van der Waals surface area (Å²) in [7, 11) is 0. The van der Waals surface area contributed by atoms with Crippen LogP contribution in [0.5, 0.6) is 5.75 Å². The van der Waals surface area contributed by atoms with E-state index in [0.717, 1.165) is 24.9 Å². The Morgan fingerprint density at radius 3 is 2.58 bits per heavy atom. The number of ether oxygens (including phenoxy) is 1. The second-order valence-electron chi connectivity index (χ2n) is 4.45. The lowest BCUT2D eigenvalue weighted by atomic mass is 10.2. The molecule has 1 heterocycles. The van der Waals surface area contributed by atoms with Crippen molar-refractivity contribution < 1.29 is 17.9 Å². The molecular formula is C13H13F3N2O. The minimum atomic E-state index is -4.66. The highest BCUT2D eigenvalue weighted by Gasteiger charge is 2.31. The lowest BCUT2D eigenvalue weighted by molar-refractivity contribution is -0.274. The minimum absolute atomic E-state index is 0.0916. The van der Waals surface area contributed by atoms with E-state index in [1.807, 2.05) is 4.90 Å². The van der Waals surface area contributed by atoms with E-state index in [4.69, 9.17) is 5.26 Å². The molecule has 102 valence electrons. The zero-order valence-corrected chi connectivity index (χ0v) is 10.2. The molecule has 0 spiro atoms. The van der Waals surface area contributed by atoms with Gasteiger partial charge < -0.3 is 4.74 Å². The van der Waals surface area contributed by atoms with E-state index in [0.29, 0.717) is 6.54 Å². The number of hydrogen-bond acceptors (Lipinski definition) is 3. The van der Waals surface area contributed by atoms with Crippen molar-refractivity contribution in [3.63, 3.8) is 0 Å². The molecule has 1 saturated heterocycles. The minimum Gasteiger partial charge on any atom is -0.406 e. The monoisotopic (exact) mass is 270 g/mol. The summed E-state index contributed by atoms with van der Waals surface area (Å²) in [5, 5.41) is 8.95. The fourth-order valence-electron chi connectivity index (χ4n) is 2.19. The Kier molecular flexibility index (Phi) is 3.96. The first-order chi connectivity index (χ1) is 8.98. The van der Waals surface area contributed by atoms with Crippen LogP contribution in [-0.2, 0) is 6.54 Å². The molecule has 0 amide bonds. The molecule has 0 saturated carbocycles. The largest absolute Gasteiger partial charge is 0.573 e. The molecule has 0 aliphatic carbocycles. The third-order valence-electron chi connectivity index (χ3n) is 3.06. The topological polar surface area (TPSA) is 36.3 Å². The summed E-state index contributed by atoms with van der Waals surface area (Å²) in [6.45, 7) is 1.42. The first-order valence-electron chi connectivity index (χ1n) is 5.96. The molecule has 0 radical (unpaired) electrons. The van der Waals surface area contributed by atoms with E-state index in [9.17, 15) is 13.2 Å². The van der Waals surface area contributed by atoms with Crippen molar-refractivity contribution in [1.29, 1.82) is 5.26 Å². The van der Waals surface area contributed by atoms with Crippen LogP contribution >= 0.6 is 0 Å². The van der Waals surface area contributed by atoms with Crippen molar-refractivity contribution in [3.8, 4) is 11.8 Å². The number of rotatable bonds is 3. The second-order valence-corrected chi connectivity index (χ2v) is 4.45. The average molecular weight is 270 g/mol. The number of likely N-dealkylation sites (tertiary alicyclic amines) is 1. The van der Waals surface area contributed by atoms with E-state index in [2.05, 4.69) is 10.8 Å². The van der Waals surface area contributed by atoms with Crippen LogP contribution in [0, 0.1) is 11.3 Å². The lowest BCUT2D eigenvalue weighted by Gasteiger charge is -2.19. The normalized spacial score (nSPS) is 20.2. The molecule has 1 fully saturated rings. The van der Waals surface area contributed by atoms with Gasteiger partial charge in [0.2, 0.25) is 0 Å². The van der Waals surface area contributed by atoms with E-state index >= 15 is 0 Å². The predicted octanol–water partition coefficient (Wildman–Crippen LogP) is 3.07. The Morgan fingerprint density at radius 2 is 2.00 bits per heavy atom. The zero-order valence-electron chi connectivity index (χ0n) is 10.2. The van der Waals surface area contributed by atoms with Crippen LogP contribution in [0.15, 0.2) is 24.3 Å². The van der Waals surface area contributed by atoms with Crippen molar-refractivity contribution >= 4 is 0 Å². The fraction of sp³-hybridized carbons (Fsp3) is 0.462. The van der Waals surface area contributed by atoms with Crippen LogP contribution in [0.1, 0.15) is 18.4 Å². The van der Waals surface area contributed by atoms with Crippen LogP contribution in [0.25, 0.3) is 0 Å². The van der Waals surface area contributed by atoms with Crippen LogP contribution in [0.3, 0.4) is 0 Å². The number of halogens is 3. The fourth-order valence-corrected chi connectivity index (χ4v) is 2.19. The Bertz CT molecular complexity index is 464. The summed E-state index contributed by atoms with van der Waals surface area (Å²) < 4.78 is 39.8. The predicted molar refractivity (Wildman–Crippen MR) is 62.2 cm³/mol. The van der Waals surface area contributed by atoms with Gasteiger partial charge >= 0.3 is 6.36 Å². The maximum atomic E-state index is 12.0. The molecule has 0 bridgehead atoms. The molecule has 1 aliphatic heterocycles. The molecule has 1 unspecified atom stereocenters. The van der Waals surface area contributed by atoms with Crippen molar-refractivity contribution in [3.05, 3.63) is 29.8 Å². The molecule has 19 heavy (non-hydrogen) atoms. The van der Waals surface area contributed by atoms with Gasteiger partial charge in [-0.25, -0.2) is 0 Å². The summed E-state index contributed by atoms with van der Waals surface area (Å²) in [6, 6.07) is 7.90. The number of benzene rings is 1. The lowest BCUT2D eigenvalue weighted by Crippen LogP contribution is -2.27. The number of hydrogen-bond donors (Lipinski definition) is 0. The van der Waals surface area contributed by atoms with Gasteiger partial charge in [0.15, 0.2) is 0 Å². The Hall–Kier alpha value is -1.74. The van der Waals surface area contributed by atoms with Crippen LogP contribution in [0.2, 0.25) is 0 Å². The molecule has 2 rings (SSSR count). The molecule has 3 nitrogen and oxygen atoms in total. The molecule has 1 atom stereocenters. The highest BCUT2D eigenvalue weighted by atomic mass is 19.4. The summed E-state index contributed by atoms with van der Waals surface area (Å²) in [5.74, 6) is -0.227. The molecule has 1 aliphatic rings. The first kappa shape index (κ1) is 13.7. The van der Waals surface area contributed by atoms with Gasteiger partial charge in [-0.3, -0.25) is 4.90 Å². The van der Waals surface area contributed by atoms with Gasteiger partial charge in [-0.05, 0) is 37.1 Å². The highest BCUT2D eigenvalue weighted by Crippen LogP contribution is 2.24. The third kappa shape index (κ3) is 3.86. The van der Waals surface area contributed by atoms with E-state index in [1.165, 1.54) is 12.1 Å². The van der Waals surface area contributed by atoms with Gasteiger partial charge in [0.25, 0.3) is 0 Å². The quantitative estimate of drug-likeness (QED) is 0.846. The van der Waals surface area contributed by atoms with Crippen molar-refractivity contribution in [2.75, 3.05) is 6.54 Å². The number of alkyl halides is 3. The summed E-state index contributed by atoms with van der Waals surface area (Å²) >= 11 is 0. The molecule has 0 aromatic heterocycles. The summed E-state index contributed by atoms with van der Waals surface area (Å²) in [4.78, 5) is 2.03. The maximum Gasteiger partial charge on any atom is 0.573 e. The van der Waals surface area contributed by atoms with Gasteiger partial charge in [-0.15, -0.1) is 13.2 Å². The Balaban J connectivity index is 1.97. The maximum absolute atomic E-state index is 12.0.